The van der Waals surface area contributed by atoms with Crippen LogP contribution in [-0.4, -0.2) is 92.7 Å². The van der Waals surface area contributed by atoms with Crippen molar-refractivity contribution in [1.82, 2.24) is 24.0 Å². The van der Waals surface area contributed by atoms with Gasteiger partial charge in [-0.05, 0) is 68.8 Å². The number of carbonyl (C=O) groups excluding carboxylic acids is 1. The Morgan fingerprint density at radius 3 is 2.27 bits per heavy atom. The average Bonchev–Trinajstić information content (AvgIpc) is 3.58. The molecule has 1 atom stereocenters. The Hall–Kier alpha value is -3.25. The summed E-state index contributed by atoms with van der Waals surface area (Å²) in [5, 5.41) is 0. The molecule has 1 unspecified atom stereocenters. The molecule has 1 aliphatic heterocycles. The first-order chi connectivity index (χ1) is 19.4. The van der Waals surface area contributed by atoms with Crippen LogP contribution in [0.25, 0.3) is 0 Å². The van der Waals surface area contributed by atoms with Gasteiger partial charge in [0.15, 0.2) is 5.69 Å². The van der Waals surface area contributed by atoms with E-state index in [2.05, 4.69) is 53.1 Å². The van der Waals surface area contributed by atoms with Crippen LogP contribution in [0, 0.1) is 13.8 Å². The fraction of sp³-hybridized carbons (Fsp3) is 0.467. The Kier molecular flexibility index (Phi) is 9.53. The molecule has 1 saturated heterocycles. The van der Waals surface area contributed by atoms with E-state index in [0.717, 1.165) is 25.2 Å². The van der Waals surface area contributed by atoms with E-state index in [1.54, 1.807) is 45.0 Å². The largest absolute Gasteiger partial charge is 0.497 e. The summed E-state index contributed by atoms with van der Waals surface area (Å²) in [4.78, 5) is 23.9. The topological polar surface area (TPSA) is 99.4 Å². The minimum absolute atomic E-state index is 0.113. The molecule has 2 heterocycles. The van der Waals surface area contributed by atoms with Gasteiger partial charge in [-0.1, -0.05) is 24.3 Å². The van der Waals surface area contributed by atoms with Crippen molar-refractivity contribution < 1.29 is 22.4 Å². The third kappa shape index (κ3) is 7.16. The van der Waals surface area contributed by atoms with E-state index in [9.17, 15) is 13.2 Å². The van der Waals surface area contributed by atoms with Crippen LogP contribution in [0.3, 0.4) is 0 Å². The van der Waals surface area contributed by atoms with E-state index in [1.165, 1.54) is 29.6 Å². The van der Waals surface area contributed by atoms with Crippen molar-refractivity contribution in [2.24, 2.45) is 0 Å². The third-order valence-corrected chi connectivity index (χ3v) is 9.75. The molecular weight excluding hydrogens is 542 g/mol. The van der Waals surface area contributed by atoms with Crippen molar-refractivity contribution in [2.75, 3.05) is 48.4 Å². The second-order valence-corrected chi connectivity index (χ2v) is 13.1. The van der Waals surface area contributed by atoms with E-state index in [4.69, 9.17) is 9.15 Å². The molecule has 0 N–H and O–H groups in total. The highest BCUT2D eigenvalue weighted by Crippen LogP contribution is 2.28. The predicted octanol–water partition coefficient (Wildman–Crippen LogP) is 3.53. The summed E-state index contributed by atoms with van der Waals surface area (Å²) in [6.07, 6.45) is 2.47. The zero-order chi connectivity index (χ0) is 29.9. The minimum Gasteiger partial charge on any atom is -0.497 e. The van der Waals surface area contributed by atoms with Gasteiger partial charge >= 0.3 is 0 Å². The molecule has 1 amide bonds. The number of likely N-dealkylation sites (tertiary alicyclic amines) is 1. The molecule has 41 heavy (non-hydrogen) atoms. The molecule has 11 heteroatoms. The number of ether oxygens (including phenoxy) is 1. The molecule has 0 saturated carbocycles. The smallest absolute Gasteiger partial charge is 0.275 e. The van der Waals surface area contributed by atoms with Crippen LogP contribution in [0.1, 0.15) is 45.1 Å². The molecule has 222 valence electrons. The van der Waals surface area contributed by atoms with Gasteiger partial charge in [0.25, 0.3) is 5.91 Å². The molecule has 10 nitrogen and oxygen atoms in total. The SMILES string of the molecule is COc1cc(C)c(S(=O)(=O)N(C)Cc2nc(C(=O)N(C)Cc3ccc(CN4CCC(N(C)C)C4)cc3)co2)c(C)c1. The van der Waals surface area contributed by atoms with Crippen molar-refractivity contribution in [3.63, 3.8) is 0 Å². The van der Waals surface area contributed by atoms with Crippen LogP contribution >= 0.6 is 0 Å². The highest BCUT2D eigenvalue weighted by Gasteiger charge is 2.28. The molecule has 3 aromatic rings. The lowest BCUT2D eigenvalue weighted by Gasteiger charge is -2.20. The summed E-state index contributed by atoms with van der Waals surface area (Å²) in [6, 6.07) is 12.3. The van der Waals surface area contributed by atoms with Crippen molar-refractivity contribution >= 4 is 15.9 Å². The summed E-state index contributed by atoms with van der Waals surface area (Å²) in [7, 11) is 5.15. The molecule has 2 aromatic carbocycles. The monoisotopic (exact) mass is 583 g/mol. The predicted molar refractivity (Wildman–Crippen MR) is 157 cm³/mol. The standard InChI is InChI=1S/C30H41N5O5S/c1-21-14-26(39-7)15-22(2)29(21)41(37,38)34(6)19-28-31-27(20-40-28)30(36)33(5)16-23-8-10-24(11-9-23)17-35-13-12-25(18-35)32(3)4/h8-11,14-15,20,25H,12-13,16-19H2,1-7H3. The maximum Gasteiger partial charge on any atom is 0.275 e. The first kappa shape index (κ1) is 30.7. The van der Waals surface area contributed by atoms with E-state index in [0.29, 0.717) is 29.5 Å². The lowest BCUT2D eigenvalue weighted by atomic mass is 10.1. The van der Waals surface area contributed by atoms with Gasteiger partial charge in [-0.15, -0.1) is 0 Å². The van der Waals surface area contributed by atoms with Crippen LogP contribution in [0.15, 0.2) is 52.0 Å². The van der Waals surface area contributed by atoms with Gasteiger partial charge < -0.3 is 19.0 Å². The minimum atomic E-state index is -3.83. The Bertz CT molecular complexity index is 1450. The second-order valence-electron chi connectivity index (χ2n) is 11.1. The highest BCUT2D eigenvalue weighted by atomic mass is 32.2. The Morgan fingerprint density at radius 2 is 1.68 bits per heavy atom. The Balaban J connectivity index is 1.35. The number of hydrogen-bond acceptors (Lipinski definition) is 8. The molecule has 0 aliphatic carbocycles. The van der Waals surface area contributed by atoms with Crippen LogP contribution in [0.4, 0.5) is 0 Å². The number of sulfonamides is 1. The lowest BCUT2D eigenvalue weighted by molar-refractivity contribution is 0.0779. The van der Waals surface area contributed by atoms with Crippen LogP contribution in [0.2, 0.25) is 0 Å². The van der Waals surface area contributed by atoms with E-state index in [1.807, 2.05) is 0 Å². The molecule has 0 radical (unpaired) electrons. The molecule has 1 aliphatic rings. The molecule has 1 aromatic heterocycles. The van der Waals surface area contributed by atoms with Gasteiger partial charge in [-0.2, -0.15) is 4.31 Å². The number of methoxy groups -OCH3 is 1. The van der Waals surface area contributed by atoms with E-state index in [-0.39, 0.29) is 28.9 Å². The van der Waals surface area contributed by atoms with Crippen molar-refractivity contribution in [3.8, 4) is 5.75 Å². The number of benzene rings is 2. The van der Waals surface area contributed by atoms with Gasteiger partial charge in [-0.25, -0.2) is 13.4 Å². The maximum absolute atomic E-state index is 13.3. The molecule has 0 bridgehead atoms. The first-order valence-electron chi connectivity index (χ1n) is 13.7. The van der Waals surface area contributed by atoms with Gasteiger partial charge in [-0.3, -0.25) is 9.69 Å². The van der Waals surface area contributed by atoms with Gasteiger partial charge in [0.1, 0.15) is 12.0 Å². The maximum atomic E-state index is 13.3. The van der Waals surface area contributed by atoms with Gasteiger partial charge in [0, 0.05) is 46.3 Å². The summed E-state index contributed by atoms with van der Waals surface area (Å²) in [6.45, 7) is 6.86. The third-order valence-electron chi connectivity index (χ3n) is 7.64. The Morgan fingerprint density at radius 1 is 1.05 bits per heavy atom. The number of amides is 1. The molecule has 4 rings (SSSR count). The van der Waals surface area contributed by atoms with Crippen LogP contribution < -0.4 is 4.74 Å². The van der Waals surface area contributed by atoms with E-state index >= 15 is 0 Å². The fourth-order valence-electron chi connectivity index (χ4n) is 5.28. The second kappa shape index (κ2) is 12.7. The molecule has 0 spiro atoms. The number of hydrogen-bond donors (Lipinski definition) is 0. The number of likely N-dealkylation sites (N-methyl/N-ethyl adjacent to an activating group) is 1. The number of rotatable bonds is 11. The molecule has 1 fully saturated rings. The number of carbonyl (C=O) groups is 1. The summed E-state index contributed by atoms with van der Waals surface area (Å²) < 4.78 is 38.6. The van der Waals surface area contributed by atoms with Crippen molar-refractivity contribution in [2.45, 2.75) is 50.8 Å². The van der Waals surface area contributed by atoms with E-state index < -0.39 is 10.0 Å². The van der Waals surface area contributed by atoms with Crippen LogP contribution in [0.5, 0.6) is 5.75 Å². The lowest BCUT2D eigenvalue weighted by Crippen LogP contribution is -2.31. The number of aryl methyl sites for hydroxylation is 2. The number of oxazole rings is 1. The highest BCUT2D eigenvalue weighted by molar-refractivity contribution is 7.89. The fourth-order valence-corrected chi connectivity index (χ4v) is 6.80. The average molecular weight is 584 g/mol. The van der Waals surface area contributed by atoms with Gasteiger partial charge in [0.05, 0.1) is 18.6 Å². The number of aromatic nitrogens is 1. The quantitative estimate of drug-likeness (QED) is 0.338. The normalized spacial score (nSPS) is 16.1. The first-order valence-corrected chi connectivity index (χ1v) is 15.1. The van der Waals surface area contributed by atoms with Crippen molar-refractivity contribution in [1.29, 1.82) is 0 Å². The zero-order valence-electron chi connectivity index (χ0n) is 25.0. The summed E-state index contributed by atoms with van der Waals surface area (Å²) >= 11 is 0. The summed E-state index contributed by atoms with van der Waals surface area (Å²) in [5.41, 5.74) is 3.56. The zero-order valence-corrected chi connectivity index (χ0v) is 25.9. The summed E-state index contributed by atoms with van der Waals surface area (Å²) in [5.74, 6) is 0.431. The Labute approximate surface area is 243 Å². The van der Waals surface area contributed by atoms with Crippen molar-refractivity contribution in [3.05, 3.63) is 76.5 Å². The number of nitrogens with zero attached hydrogens (tertiary/aromatic N) is 5. The van der Waals surface area contributed by atoms with Gasteiger partial charge in [0.2, 0.25) is 15.9 Å². The molecular formula is C30H41N5O5S. The van der Waals surface area contributed by atoms with Crippen LogP contribution in [-0.2, 0) is 29.7 Å².